The Bertz CT molecular complexity index is 671. The van der Waals surface area contributed by atoms with E-state index in [0.29, 0.717) is 0 Å². The van der Waals surface area contributed by atoms with E-state index < -0.39 is 0 Å². The molecule has 0 fully saturated rings. The normalized spacial score (nSPS) is 11.5. The molecule has 3 heteroatoms. The molecule has 0 aromatic heterocycles. The van der Waals surface area contributed by atoms with Gasteiger partial charge in [-0.1, -0.05) is 175 Å². The second-order valence-corrected chi connectivity index (χ2v) is 16.3. The van der Waals surface area contributed by atoms with Crippen molar-refractivity contribution in [2.75, 3.05) is 17.3 Å². The van der Waals surface area contributed by atoms with E-state index in [-0.39, 0.29) is 0 Å². The third-order valence-corrected chi connectivity index (χ3v) is 12.3. The quantitative estimate of drug-likeness (QED) is 0.0549. The Morgan fingerprint density at radius 3 is 0.930 bits per heavy atom. The average molecular weight is 650 g/mol. The molecule has 251 valence electrons. The topological polar surface area (TPSA) is 0 Å². The summed E-state index contributed by atoms with van der Waals surface area (Å²) in [6, 6.07) is 4.78. The molecule has 0 atom stereocenters. The predicted octanol–water partition coefficient (Wildman–Crippen LogP) is 15.7. The van der Waals surface area contributed by atoms with Gasteiger partial charge < -0.3 is 0 Å². The lowest BCUT2D eigenvalue weighted by atomic mass is 10.1. The van der Waals surface area contributed by atoms with Crippen LogP contribution in [0, 0.1) is 6.92 Å². The first kappa shape index (κ1) is 41.3. The van der Waals surface area contributed by atoms with Crippen LogP contribution < -0.4 is 0 Å². The van der Waals surface area contributed by atoms with Crippen LogP contribution in [0.4, 0.5) is 0 Å². The highest BCUT2D eigenvalue weighted by molar-refractivity contribution is 8.03. The zero-order valence-corrected chi connectivity index (χ0v) is 31.7. The molecule has 0 aliphatic rings. The molecule has 1 aromatic carbocycles. The third kappa shape index (κ3) is 25.1. The fourth-order valence-electron chi connectivity index (χ4n) is 5.76. The van der Waals surface area contributed by atoms with Gasteiger partial charge in [-0.3, -0.25) is 0 Å². The van der Waals surface area contributed by atoms with Gasteiger partial charge in [0, 0.05) is 14.7 Å². The molecule has 0 aliphatic heterocycles. The Hall–Kier alpha value is 0.270. The van der Waals surface area contributed by atoms with Crippen LogP contribution in [-0.4, -0.2) is 17.3 Å². The van der Waals surface area contributed by atoms with E-state index >= 15 is 0 Å². The summed E-state index contributed by atoms with van der Waals surface area (Å²) in [5.41, 5.74) is 1.21. The number of thioether (sulfide) groups is 3. The first-order valence-electron chi connectivity index (χ1n) is 19.1. The Morgan fingerprint density at radius 2 is 0.628 bits per heavy atom. The Kier molecular flexibility index (Phi) is 30.9. The van der Waals surface area contributed by atoms with Crippen molar-refractivity contribution in [2.24, 2.45) is 0 Å². The van der Waals surface area contributed by atoms with Gasteiger partial charge in [-0.15, -0.1) is 35.3 Å². The molecular formula is C40H73S3. The van der Waals surface area contributed by atoms with Gasteiger partial charge in [0.15, 0.2) is 0 Å². The van der Waals surface area contributed by atoms with E-state index in [1.165, 1.54) is 206 Å². The SMILES string of the molecule is [CH2]c1cc(SCCCCCCCCCCC)c(SCCCCCCCCCCC)c(SCCCCCCCCCCC)c1. The van der Waals surface area contributed by atoms with E-state index in [1.807, 2.05) is 0 Å². The standard InChI is InChI=1S/C40H73S3/c1-5-8-11-14-17-20-23-26-29-32-41-38-35-37(4)36-39(42-33-30-27-24-21-18-15-12-9-6-2)40(38)43-34-31-28-25-22-19-16-13-10-7-3/h35-36H,4-34H2,1-3H3. The lowest BCUT2D eigenvalue weighted by Crippen LogP contribution is -1.92. The van der Waals surface area contributed by atoms with Crippen LogP contribution in [0.25, 0.3) is 0 Å². The van der Waals surface area contributed by atoms with Gasteiger partial charge >= 0.3 is 0 Å². The first-order chi connectivity index (χ1) is 21.2. The Balaban J connectivity index is 2.50. The molecule has 0 N–H and O–H groups in total. The maximum absolute atomic E-state index is 4.40. The summed E-state index contributed by atoms with van der Waals surface area (Å²) in [5, 5.41) is 0. The first-order valence-corrected chi connectivity index (χ1v) is 22.1. The maximum atomic E-state index is 4.40. The molecule has 0 saturated carbocycles. The van der Waals surface area contributed by atoms with Gasteiger partial charge in [0.2, 0.25) is 0 Å². The predicted molar refractivity (Wildman–Crippen MR) is 205 cm³/mol. The van der Waals surface area contributed by atoms with E-state index in [1.54, 1.807) is 4.90 Å². The van der Waals surface area contributed by atoms with Gasteiger partial charge in [-0.2, -0.15) is 0 Å². The molecule has 0 unspecified atom stereocenters. The van der Waals surface area contributed by atoms with Crippen molar-refractivity contribution in [2.45, 2.75) is 209 Å². The highest BCUT2D eigenvalue weighted by Gasteiger charge is 2.12. The molecule has 43 heavy (non-hydrogen) atoms. The molecule has 0 saturated heterocycles. The average Bonchev–Trinajstić information content (AvgIpc) is 3.00. The van der Waals surface area contributed by atoms with E-state index in [4.69, 9.17) is 0 Å². The van der Waals surface area contributed by atoms with Crippen LogP contribution in [0.5, 0.6) is 0 Å². The zero-order chi connectivity index (χ0) is 31.1. The second-order valence-electron chi connectivity index (χ2n) is 13.0. The lowest BCUT2D eigenvalue weighted by molar-refractivity contribution is 0.573. The van der Waals surface area contributed by atoms with Crippen LogP contribution in [-0.2, 0) is 0 Å². The molecule has 0 amide bonds. The molecule has 0 aliphatic carbocycles. The van der Waals surface area contributed by atoms with E-state index in [9.17, 15) is 0 Å². The molecule has 1 aromatic rings. The van der Waals surface area contributed by atoms with Gasteiger partial charge in [0.05, 0.1) is 0 Å². The number of hydrogen-bond donors (Lipinski definition) is 0. The summed E-state index contributed by atoms with van der Waals surface area (Å²) < 4.78 is 0. The molecule has 0 spiro atoms. The second kappa shape index (κ2) is 32.2. The summed E-state index contributed by atoms with van der Waals surface area (Å²) in [6.07, 6.45) is 38.1. The minimum absolute atomic E-state index is 1.21. The van der Waals surface area contributed by atoms with E-state index in [2.05, 4.69) is 75.1 Å². The van der Waals surface area contributed by atoms with Gasteiger partial charge in [0.1, 0.15) is 0 Å². The summed E-state index contributed by atoms with van der Waals surface area (Å²) in [5.74, 6) is 3.78. The van der Waals surface area contributed by atoms with Gasteiger partial charge in [-0.05, 0) is 61.1 Å². The highest BCUT2D eigenvalue weighted by atomic mass is 32.2. The molecule has 0 heterocycles. The van der Waals surface area contributed by atoms with Crippen LogP contribution >= 0.6 is 35.3 Å². The van der Waals surface area contributed by atoms with Crippen molar-refractivity contribution >= 4 is 35.3 Å². The number of rotatable bonds is 33. The minimum atomic E-state index is 1.21. The van der Waals surface area contributed by atoms with E-state index in [0.717, 1.165) is 0 Å². The molecule has 1 rings (SSSR count). The van der Waals surface area contributed by atoms with Crippen LogP contribution in [0.15, 0.2) is 26.8 Å². The van der Waals surface area contributed by atoms with Crippen molar-refractivity contribution in [3.05, 3.63) is 24.6 Å². The molecular weight excluding hydrogens is 577 g/mol. The lowest BCUT2D eigenvalue weighted by Gasteiger charge is -2.16. The fraction of sp³-hybridized carbons (Fsp3) is 0.825. The third-order valence-electron chi connectivity index (χ3n) is 8.59. The summed E-state index contributed by atoms with van der Waals surface area (Å²) >= 11 is 6.38. The van der Waals surface area contributed by atoms with Crippen LogP contribution in [0.1, 0.15) is 200 Å². The summed E-state index contributed by atoms with van der Waals surface area (Å²) in [4.78, 5) is 4.61. The summed E-state index contributed by atoms with van der Waals surface area (Å²) in [6.45, 7) is 11.3. The van der Waals surface area contributed by atoms with Crippen molar-refractivity contribution in [3.8, 4) is 0 Å². The highest BCUT2D eigenvalue weighted by Crippen LogP contribution is 2.41. The van der Waals surface area contributed by atoms with Crippen LogP contribution in [0.2, 0.25) is 0 Å². The smallest absolute Gasteiger partial charge is 0.0344 e. The largest absolute Gasteiger partial charge is 0.125 e. The zero-order valence-electron chi connectivity index (χ0n) is 29.3. The monoisotopic (exact) mass is 649 g/mol. The number of hydrogen-bond acceptors (Lipinski definition) is 3. The molecule has 0 nitrogen and oxygen atoms in total. The number of benzene rings is 1. The molecule has 0 bridgehead atoms. The van der Waals surface area contributed by atoms with Gasteiger partial charge in [-0.25, -0.2) is 0 Å². The fourth-order valence-corrected chi connectivity index (χ4v) is 9.58. The Labute approximate surface area is 284 Å². The van der Waals surface area contributed by atoms with Crippen molar-refractivity contribution < 1.29 is 0 Å². The van der Waals surface area contributed by atoms with Crippen molar-refractivity contribution in [1.29, 1.82) is 0 Å². The van der Waals surface area contributed by atoms with Gasteiger partial charge in [0.25, 0.3) is 0 Å². The van der Waals surface area contributed by atoms with Crippen molar-refractivity contribution in [3.63, 3.8) is 0 Å². The minimum Gasteiger partial charge on any atom is -0.125 e. The summed E-state index contributed by atoms with van der Waals surface area (Å²) in [7, 11) is 0. The van der Waals surface area contributed by atoms with Crippen molar-refractivity contribution in [1.82, 2.24) is 0 Å². The maximum Gasteiger partial charge on any atom is 0.0344 e. The molecule has 1 radical (unpaired) electrons. The number of unbranched alkanes of at least 4 members (excludes halogenated alkanes) is 24. The van der Waals surface area contributed by atoms with Crippen LogP contribution in [0.3, 0.4) is 0 Å². The Morgan fingerprint density at radius 1 is 0.372 bits per heavy atom.